The number of benzene rings is 2. The maximum atomic E-state index is 14.0. The van der Waals surface area contributed by atoms with Crippen LogP contribution in [0.25, 0.3) is 5.65 Å². The van der Waals surface area contributed by atoms with Crippen molar-refractivity contribution in [3.05, 3.63) is 101 Å². The van der Waals surface area contributed by atoms with E-state index in [1.54, 1.807) is 29.7 Å². The van der Waals surface area contributed by atoms with E-state index in [2.05, 4.69) is 4.98 Å². The lowest BCUT2D eigenvalue weighted by molar-refractivity contribution is 0.0915. The summed E-state index contributed by atoms with van der Waals surface area (Å²) >= 11 is 0. The Kier molecular flexibility index (Phi) is 5.42. The number of imidazole rings is 1. The standard InChI is InChI=1S/C26H22F2N2O3/c1-15-25(22(32)13-19-18-8-3-2-6-16(18)12-21(19)31)30-11-5-10-23(26(30)29-15)33-14-17-7-4-9-20(27)24(17)28/h2-11,19,21,31H,12-14H2,1H3/t19-,21+/m1/s1. The molecule has 7 heteroatoms. The largest absolute Gasteiger partial charge is 0.485 e. The molecule has 4 aromatic rings. The fourth-order valence-corrected chi connectivity index (χ4v) is 4.62. The molecule has 0 unspecified atom stereocenters. The van der Waals surface area contributed by atoms with E-state index in [1.807, 2.05) is 24.3 Å². The number of rotatable bonds is 6. The highest BCUT2D eigenvalue weighted by Gasteiger charge is 2.33. The Morgan fingerprint density at radius 1 is 1.15 bits per heavy atom. The first-order valence-corrected chi connectivity index (χ1v) is 10.8. The normalized spacial score (nSPS) is 17.3. The number of aliphatic hydroxyl groups excluding tert-OH is 1. The molecule has 0 bridgehead atoms. The van der Waals surface area contributed by atoms with Crippen LogP contribution in [0.1, 0.15) is 45.2 Å². The van der Waals surface area contributed by atoms with Crippen molar-refractivity contribution < 1.29 is 23.4 Å². The fourth-order valence-electron chi connectivity index (χ4n) is 4.62. The van der Waals surface area contributed by atoms with Gasteiger partial charge < -0.3 is 9.84 Å². The van der Waals surface area contributed by atoms with E-state index in [9.17, 15) is 18.7 Å². The van der Waals surface area contributed by atoms with Crippen LogP contribution in [0, 0.1) is 18.6 Å². The summed E-state index contributed by atoms with van der Waals surface area (Å²) in [6.07, 6.45) is 1.81. The van der Waals surface area contributed by atoms with Crippen molar-refractivity contribution in [2.45, 2.75) is 38.4 Å². The van der Waals surface area contributed by atoms with Gasteiger partial charge in [-0.1, -0.05) is 36.4 Å². The number of ketones is 1. The first kappa shape index (κ1) is 21.3. The van der Waals surface area contributed by atoms with Crippen molar-refractivity contribution in [2.24, 2.45) is 0 Å². The number of Topliss-reactive ketones (excluding diaryl/α,β-unsaturated/α-hetero) is 1. The first-order chi connectivity index (χ1) is 15.9. The summed E-state index contributed by atoms with van der Waals surface area (Å²) in [6.45, 7) is 1.57. The number of nitrogens with zero attached hydrogens (tertiary/aromatic N) is 2. The second-order valence-electron chi connectivity index (χ2n) is 8.32. The van der Waals surface area contributed by atoms with Gasteiger partial charge in [-0.05, 0) is 42.7 Å². The number of aliphatic hydroxyl groups is 1. The topological polar surface area (TPSA) is 63.8 Å². The minimum absolute atomic E-state index is 0.0884. The number of hydrogen-bond acceptors (Lipinski definition) is 4. The molecule has 0 spiro atoms. The maximum Gasteiger partial charge on any atom is 0.182 e. The molecule has 0 radical (unpaired) electrons. The zero-order valence-electron chi connectivity index (χ0n) is 18.0. The molecular weight excluding hydrogens is 426 g/mol. The van der Waals surface area contributed by atoms with E-state index in [0.717, 1.165) is 17.2 Å². The molecule has 0 saturated carbocycles. The molecule has 1 aliphatic rings. The van der Waals surface area contributed by atoms with Gasteiger partial charge in [-0.3, -0.25) is 9.20 Å². The molecule has 5 rings (SSSR count). The van der Waals surface area contributed by atoms with E-state index in [4.69, 9.17) is 4.74 Å². The van der Waals surface area contributed by atoms with Crippen LogP contribution in [0.3, 0.4) is 0 Å². The first-order valence-electron chi connectivity index (χ1n) is 10.8. The molecule has 33 heavy (non-hydrogen) atoms. The lowest BCUT2D eigenvalue weighted by Gasteiger charge is -2.15. The molecule has 168 valence electrons. The summed E-state index contributed by atoms with van der Waals surface area (Å²) in [5, 5.41) is 10.6. The van der Waals surface area contributed by atoms with Crippen molar-refractivity contribution in [1.29, 1.82) is 0 Å². The smallest absolute Gasteiger partial charge is 0.182 e. The predicted octanol–water partition coefficient (Wildman–Crippen LogP) is 4.77. The molecule has 0 aliphatic heterocycles. The van der Waals surface area contributed by atoms with E-state index in [1.165, 1.54) is 12.1 Å². The number of hydrogen-bond donors (Lipinski definition) is 1. The Balaban J connectivity index is 1.42. The Morgan fingerprint density at radius 3 is 2.82 bits per heavy atom. The molecule has 0 amide bonds. The molecule has 5 nitrogen and oxygen atoms in total. The number of fused-ring (bicyclic) bond motifs is 2. The molecule has 1 aliphatic carbocycles. The second-order valence-corrected chi connectivity index (χ2v) is 8.32. The van der Waals surface area contributed by atoms with E-state index < -0.39 is 17.7 Å². The number of carbonyl (C=O) groups excluding carboxylic acids is 1. The van der Waals surface area contributed by atoms with Crippen LogP contribution >= 0.6 is 0 Å². The van der Waals surface area contributed by atoms with Gasteiger partial charge in [0.25, 0.3) is 0 Å². The van der Waals surface area contributed by atoms with E-state index in [-0.39, 0.29) is 30.3 Å². The number of halogens is 2. The van der Waals surface area contributed by atoms with E-state index >= 15 is 0 Å². The number of aryl methyl sites for hydroxylation is 1. The lowest BCUT2D eigenvalue weighted by atomic mass is 9.93. The molecule has 2 aromatic heterocycles. The highest BCUT2D eigenvalue weighted by atomic mass is 19.2. The molecular formula is C26H22F2N2O3. The molecule has 0 saturated heterocycles. The predicted molar refractivity (Wildman–Crippen MR) is 118 cm³/mol. The van der Waals surface area contributed by atoms with Gasteiger partial charge in [-0.15, -0.1) is 0 Å². The highest BCUT2D eigenvalue weighted by molar-refractivity contribution is 5.97. The van der Waals surface area contributed by atoms with Gasteiger partial charge in [-0.2, -0.15) is 0 Å². The van der Waals surface area contributed by atoms with Crippen LogP contribution < -0.4 is 4.74 Å². The minimum Gasteiger partial charge on any atom is -0.485 e. The third kappa shape index (κ3) is 3.78. The molecule has 0 fully saturated rings. The van der Waals surface area contributed by atoms with Crippen molar-refractivity contribution in [1.82, 2.24) is 9.38 Å². The average molecular weight is 448 g/mol. The van der Waals surface area contributed by atoms with Crippen LogP contribution in [0.4, 0.5) is 8.78 Å². The SMILES string of the molecule is Cc1nc2c(OCc3cccc(F)c3F)cccn2c1C(=O)C[C@@H]1c2ccccc2C[C@@H]1O. The average Bonchev–Trinajstić information content (AvgIpc) is 3.30. The summed E-state index contributed by atoms with van der Waals surface area (Å²) in [6, 6.07) is 15.1. The monoisotopic (exact) mass is 448 g/mol. The second kappa shape index (κ2) is 8.41. The summed E-state index contributed by atoms with van der Waals surface area (Å²) in [5.41, 5.74) is 3.54. The summed E-state index contributed by atoms with van der Waals surface area (Å²) in [4.78, 5) is 17.8. The molecule has 1 N–H and O–H groups in total. The molecule has 2 atom stereocenters. The van der Waals surface area contributed by atoms with Crippen LogP contribution in [-0.4, -0.2) is 26.4 Å². The van der Waals surface area contributed by atoms with E-state index in [0.29, 0.717) is 29.2 Å². The van der Waals surface area contributed by atoms with Crippen LogP contribution in [0.2, 0.25) is 0 Å². The van der Waals surface area contributed by atoms with Gasteiger partial charge in [0.15, 0.2) is 28.8 Å². The number of ether oxygens (including phenoxy) is 1. The number of pyridine rings is 1. The van der Waals surface area contributed by atoms with Crippen molar-refractivity contribution >= 4 is 11.4 Å². The fraction of sp³-hybridized carbons (Fsp3) is 0.231. The Labute approximate surface area is 189 Å². The Bertz CT molecular complexity index is 1370. The molecule has 2 heterocycles. The van der Waals surface area contributed by atoms with Crippen LogP contribution in [0.15, 0.2) is 60.8 Å². The number of aromatic nitrogens is 2. The quantitative estimate of drug-likeness (QED) is 0.432. The Morgan fingerprint density at radius 2 is 1.97 bits per heavy atom. The van der Waals surface area contributed by atoms with Crippen molar-refractivity contribution in [3.63, 3.8) is 0 Å². The van der Waals surface area contributed by atoms with Crippen LogP contribution in [-0.2, 0) is 13.0 Å². The van der Waals surface area contributed by atoms with Gasteiger partial charge >= 0.3 is 0 Å². The van der Waals surface area contributed by atoms with Gasteiger partial charge in [0.2, 0.25) is 0 Å². The van der Waals surface area contributed by atoms with Gasteiger partial charge in [-0.25, -0.2) is 13.8 Å². The minimum atomic E-state index is -0.949. The lowest BCUT2D eigenvalue weighted by Crippen LogP contribution is -2.18. The zero-order chi connectivity index (χ0) is 23.1. The highest BCUT2D eigenvalue weighted by Crippen LogP contribution is 2.37. The molecule has 2 aromatic carbocycles. The van der Waals surface area contributed by atoms with Crippen molar-refractivity contribution in [2.75, 3.05) is 0 Å². The van der Waals surface area contributed by atoms with Gasteiger partial charge in [0.1, 0.15) is 12.3 Å². The summed E-state index contributed by atoms with van der Waals surface area (Å²) in [7, 11) is 0. The summed E-state index contributed by atoms with van der Waals surface area (Å²) in [5.74, 6) is -1.93. The van der Waals surface area contributed by atoms with Crippen LogP contribution in [0.5, 0.6) is 5.75 Å². The zero-order valence-corrected chi connectivity index (χ0v) is 18.0. The van der Waals surface area contributed by atoms with Crippen molar-refractivity contribution in [3.8, 4) is 5.75 Å². The maximum absolute atomic E-state index is 14.0. The van der Waals surface area contributed by atoms with Gasteiger partial charge in [0, 0.05) is 24.1 Å². The summed E-state index contributed by atoms with van der Waals surface area (Å²) < 4.78 is 34.9. The van der Waals surface area contributed by atoms with Gasteiger partial charge in [0.05, 0.1) is 11.8 Å². The number of carbonyl (C=O) groups is 1. The third-order valence-electron chi connectivity index (χ3n) is 6.22. The third-order valence-corrected chi connectivity index (χ3v) is 6.22. The Hall–Kier alpha value is -3.58.